The van der Waals surface area contributed by atoms with E-state index in [1.54, 1.807) is 11.1 Å². The van der Waals surface area contributed by atoms with Gasteiger partial charge >= 0.3 is 0 Å². The maximum absolute atomic E-state index is 3.45. The second-order valence-corrected chi connectivity index (χ2v) is 2.97. The first-order chi connectivity index (χ1) is 5.33. The molecule has 1 aliphatic carbocycles. The van der Waals surface area contributed by atoms with E-state index in [0.29, 0.717) is 0 Å². The third kappa shape index (κ3) is 4.64. The van der Waals surface area contributed by atoms with Gasteiger partial charge < -0.3 is 0 Å². The van der Waals surface area contributed by atoms with Crippen LogP contribution in [-0.2, 0) is 26.2 Å². The minimum Gasteiger partial charge on any atom is -0.269 e. The zero-order chi connectivity index (χ0) is 8.27. The van der Waals surface area contributed by atoms with Crippen molar-refractivity contribution in [3.8, 4) is 0 Å². The Morgan fingerprint density at radius 3 is 1.93 bits per heavy atom. The van der Waals surface area contributed by atoms with Crippen LogP contribution in [0.3, 0.4) is 0 Å². The largest absolute Gasteiger partial charge is 0.269 e. The van der Waals surface area contributed by atoms with Gasteiger partial charge in [-0.15, -0.1) is 31.2 Å². The van der Waals surface area contributed by atoms with Crippen molar-refractivity contribution in [2.45, 2.75) is 46.5 Å². The van der Waals surface area contributed by atoms with Crippen molar-refractivity contribution in [2.75, 3.05) is 0 Å². The van der Waals surface area contributed by atoms with Crippen LogP contribution in [0.2, 0.25) is 0 Å². The van der Waals surface area contributed by atoms with Crippen molar-refractivity contribution in [2.24, 2.45) is 0 Å². The smallest absolute Gasteiger partial charge is 0 e. The van der Waals surface area contributed by atoms with Crippen LogP contribution in [0.4, 0.5) is 0 Å². The van der Waals surface area contributed by atoms with Gasteiger partial charge in [0.25, 0.3) is 0 Å². The molecule has 0 amide bonds. The summed E-state index contributed by atoms with van der Waals surface area (Å²) in [6.45, 7) is 6.70. The fraction of sp³-hybridized carbons (Fsp3) is 0.636. The van der Waals surface area contributed by atoms with Crippen LogP contribution in [0.1, 0.15) is 46.5 Å². The molecule has 0 bridgehead atoms. The van der Waals surface area contributed by atoms with Crippen LogP contribution in [0, 0.1) is 6.08 Å². The first kappa shape index (κ1) is 20.4. The first-order valence-corrected chi connectivity index (χ1v) is 4.64. The monoisotopic (exact) mass is 311 g/mol. The molecule has 0 radical (unpaired) electrons. The van der Waals surface area contributed by atoms with Gasteiger partial charge in [0.2, 0.25) is 0 Å². The molecule has 0 saturated heterocycles. The van der Waals surface area contributed by atoms with E-state index in [9.17, 15) is 0 Å². The average Bonchev–Trinajstić information content (AvgIpc) is 2.45. The summed E-state index contributed by atoms with van der Waals surface area (Å²) >= 11 is 0. The molecule has 0 unspecified atom stereocenters. The standard InChI is InChI=1S/C11H17.2ClH.Zr/c1-4-9-7-8-10(5-2)11(9)6-3;;;/h4-7H2,1-3H3;2*1H;/q-1;;;. The minimum absolute atomic E-state index is 0. The van der Waals surface area contributed by atoms with Crippen LogP contribution < -0.4 is 0 Å². The number of halogens is 2. The first-order valence-electron chi connectivity index (χ1n) is 4.64. The molecule has 0 spiro atoms. The maximum atomic E-state index is 3.45. The molecule has 82 valence electrons. The summed E-state index contributed by atoms with van der Waals surface area (Å²) < 4.78 is 0. The molecule has 0 N–H and O–H groups in total. The summed E-state index contributed by atoms with van der Waals surface area (Å²) in [5.41, 5.74) is 4.68. The fourth-order valence-corrected chi connectivity index (χ4v) is 1.78. The molecule has 14 heavy (non-hydrogen) atoms. The van der Waals surface area contributed by atoms with Crippen molar-refractivity contribution in [3.05, 3.63) is 22.8 Å². The number of hydrogen-bond donors (Lipinski definition) is 0. The molecule has 1 rings (SSSR count). The molecular formula is C11H19Cl2Zr-. The second-order valence-electron chi connectivity index (χ2n) is 2.97. The Balaban J connectivity index is -0.000000403. The van der Waals surface area contributed by atoms with Gasteiger partial charge in [-0.05, 0) is 0 Å². The molecule has 0 heterocycles. The Morgan fingerprint density at radius 2 is 1.57 bits per heavy atom. The second kappa shape index (κ2) is 10.5. The molecular weight excluding hydrogens is 294 g/mol. The predicted octanol–water partition coefficient (Wildman–Crippen LogP) is 4.49. The van der Waals surface area contributed by atoms with Crippen molar-refractivity contribution in [1.29, 1.82) is 0 Å². The number of allylic oxidation sites excluding steroid dienone is 4. The molecule has 0 aromatic heterocycles. The topological polar surface area (TPSA) is 0 Å². The van der Waals surface area contributed by atoms with E-state index in [1.807, 2.05) is 0 Å². The maximum Gasteiger partial charge on any atom is 0 e. The third-order valence-corrected chi connectivity index (χ3v) is 2.44. The Bertz CT molecular complexity index is 207. The quantitative estimate of drug-likeness (QED) is 0.674. The summed E-state index contributed by atoms with van der Waals surface area (Å²) in [4.78, 5) is 0. The predicted molar refractivity (Wildman–Crippen MR) is 63.8 cm³/mol. The average molecular weight is 313 g/mol. The molecule has 0 aliphatic heterocycles. The van der Waals surface area contributed by atoms with Crippen LogP contribution in [0.25, 0.3) is 0 Å². The van der Waals surface area contributed by atoms with Crippen molar-refractivity contribution < 1.29 is 26.2 Å². The Hall–Kier alpha value is 0.943. The number of hydrogen-bond acceptors (Lipinski definition) is 0. The fourth-order valence-electron chi connectivity index (χ4n) is 1.78. The Labute approximate surface area is 120 Å². The van der Waals surface area contributed by atoms with E-state index in [0.717, 1.165) is 12.8 Å². The van der Waals surface area contributed by atoms with Gasteiger partial charge in [0.05, 0.1) is 0 Å². The van der Waals surface area contributed by atoms with E-state index in [4.69, 9.17) is 0 Å². The molecule has 0 fully saturated rings. The third-order valence-electron chi connectivity index (χ3n) is 2.44. The summed E-state index contributed by atoms with van der Waals surface area (Å²) in [5, 5.41) is 0. The van der Waals surface area contributed by atoms with Gasteiger partial charge in [-0.3, -0.25) is 6.08 Å². The van der Waals surface area contributed by atoms with Crippen LogP contribution in [-0.4, -0.2) is 0 Å². The van der Waals surface area contributed by atoms with E-state index >= 15 is 0 Å². The molecule has 1 aliphatic rings. The summed E-state index contributed by atoms with van der Waals surface area (Å²) in [7, 11) is 0. The zero-order valence-corrected chi connectivity index (χ0v) is 13.2. The van der Waals surface area contributed by atoms with Crippen LogP contribution >= 0.6 is 24.8 Å². The van der Waals surface area contributed by atoms with Crippen molar-refractivity contribution in [3.63, 3.8) is 0 Å². The van der Waals surface area contributed by atoms with Crippen molar-refractivity contribution in [1.82, 2.24) is 0 Å². The molecule has 0 saturated carbocycles. The molecule has 0 aromatic carbocycles. The van der Waals surface area contributed by atoms with E-state index in [-0.39, 0.29) is 51.0 Å². The molecule has 0 nitrogen and oxygen atoms in total. The normalized spacial score (nSPS) is 13.8. The van der Waals surface area contributed by atoms with E-state index in [2.05, 4.69) is 26.8 Å². The molecule has 0 atom stereocenters. The Morgan fingerprint density at radius 1 is 1.00 bits per heavy atom. The van der Waals surface area contributed by atoms with E-state index in [1.165, 1.54) is 18.4 Å². The van der Waals surface area contributed by atoms with Gasteiger partial charge in [0.1, 0.15) is 0 Å². The SMILES string of the molecule is CCC1=[C-]CC(CC)=C1CC.Cl.Cl.[Zr]. The summed E-state index contributed by atoms with van der Waals surface area (Å²) in [5.74, 6) is 0. The van der Waals surface area contributed by atoms with Gasteiger partial charge in [0.15, 0.2) is 0 Å². The van der Waals surface area contributed by atoms with E-state index < -0.39 is 0 Å². The summed E-state index contributed by atoms with van der Waals surface area (Å²) in [6, 6.07) is 0. The van der Waals surface area contributed by atoms with Gasteiger partial charge in [-0.2, -0.15) is 11.1 Å². The zero-order valence-electron chi connectivity index (χ0n) is 9.14. The summed E-state index contributed by atoms with van der Waals surface area (Å²) in [6.07, 6.45) is 8.11. The van der Waals surface area contributed by atoms with Crippen LogP contribution in [0.5, 0.6) is 0 Å². The number of rotatable bonds is 3. The van der Waals surface area contributed by atoms with Gasteiger partial charge in [-0.25, -0.2) is 5.57 Å². The molecule has 0 aromatic rings. The minimum atomic E-state index is 0. The Kier molecular flexibility index (Phi) is 15.2. The van der Waals surface area contributed by atoms with Gasteiger partial charge in [0, 0.05) is 26.2 Å². The van der Waals surface area contributed by atoms with Gasteiger partial charge in [-0.1, -0.05) is 40.0 Å². The van der Waals surface area contributed by atoms with Crippen LogP contribution in [0.15, 0.2) is 16.7 Å². The van der Waals surface area contributed by atoms with Crippen molar-refractivity contribution >= 4 is 24.8 Å². The molecule has 3 heteroatoms.